The number of nitrogens with zero attached hydrogens (tertiary/aromatic N) is 2. The first-order valence-corrected chi connectivity index (χ1v) is 6.83. The first-order valence-electron chi connectivity index (χ1n) is 6.04. The molecule has 1 atom stereocenters. The Bertz CT molecular complexity index is 524. The van der Waals surface area contributed by atoms with Gasteiger partial charge in [-0.2, -0.15) is 0 Å². The molecular formula is C14H16BrN3. The molecule has 0 aliphatic carbocycles. The Morgan fingerprint density at radius 1 is 1.28 bits per heavy atom. The number of aromatic nitrogens is 2. The topological polar surface area (TPSA) is 51.8 Å². The van der Waals surface area contributed by atoms with Gasteiger partial charge in [-0.05, 0) is 18.6 Å². The van der Waals surface area contributed by atoms with Gasteiger partial charge in [0.1, 0.15) is 5.82 Å². The number of benzene rings is 1. The molecule has 0 fully saturated rings. The van der Waals surface area contributed by atoms with Gasteiger partial charge in [-0.15, -0.1) is 0 Å². The van der Waals surface area contributed by atoms with Gasteiger partial charge in [-0.3, -0.25) is 0 Å². The van der Waals surface area contributed by atoms with Crippen molar-refractivity contribution >= 4 is 15.9 Å². The van der Waals surface area contributed by atoms with Crippen LogP contribution >= 0.6 is 15.9 Å². The molecule has 0 saturated heterocycles. The standard InChI is InChI=1S/C14H16BrN3/c1-2-10(9-16)14-17-8-7-13(18-14)11-5-3-4-6-12(11)15/h3-8,10H,2,9,16H2,1H3. The number of rotatable bonds is 4. The van der Waals surface area contributed by atoms with Gasteiger partial charge >= 0.3 is 0 Å². The van der Waals surface area contributed by atoms with E-state index in [0.29, 0.717) is 6.54 Å². The smallest absolute Gasteiger partial charge is 0.133 e. The summed E-state index contributed by atoms with van der Waals surface area (Å²) in [6.07, 6.45) is 2.76. The van der Waals surface area contributed by atoms with E-state index in [9.17, 15) is 0 Å². The summed E-state index contributed by atoms with van der Waals surface area (Å²) in [5.74, 6) is 1.06. The molecule has 4 heteroatoms. The average molecular weight is 306 g/mol. The van der Waals surface area contributed by atoms with Crippen molar-refractivity contribution in [1.82, 2.24) is 9.97 Å². The van der Waals surface area contributed by atoms with Crippen molar-refractivity contribution in [2.24, 2.45) is 5.73 Å². The number of halogens is 1. The van der Waals surface area contributed by atoms with E-state index in [2.05, 4.69) is 32.8 Å². The van der Waals surface area contributed by atoms with Crippen LogP contribution in [0.25, 0.3) is 11.3 Å². The molecule has 1 unspecified atom stereocenters. The molecule has 0 radical (unpaired) electrons. The molecule has 2 N–H and O–H groups in total. The third-order valence-corrected chi connectivity index (χ3v) is 3.66. The predicted octanol–water partition coefficient (Wildman–Crippen LogP) is 3.36. The van der Waals surface area contributed by atoms with E-state index in [0.717, 1.165) is 28.0 Å². The normalized spacial score (nSPS) is 12.4. The Morgan fingerprint density at radius 2 is 2.06 bits per heavy atom. The lowest BCUT2D eigenvalue weighted by molar-refractivity contribution is 0.631. The monoisotopic (exact) mass is 305 g/mol. The van der Waals surface area contributed by atoms with Gasteiger partial charge in [-0.1, -0.05) is 41.1 Å². The highest BCUT2D eigenvalue weighted by molar-refractivity contribution is 9.10. The molecule has 0 aliphatic heterocycles. The van der Waals surface area contributed by atoms with Gasteiger partial charge in [-0.25, -0.2) is 9.97 Å². The quantitative estimate of drug-likeness (QED) is 0.942. The molecule has 0 aliphatic rings. The third-order valence-electron chi connectivity index (χ3n) is 2.97. The van der Waals surface area contributed by atoms with E-state index in [1.165, 1.54) is 0 Å². The van der Waals surface area contributed by atoms with E-state index in [-0.39, 0.29) is 5.92 Å². The van der Waals surface area contributed by atoms with Crippen LogP contribution in [0.3, 0.4) is 0 Å². The van der Waals surface area contributed by atoms with E-state index in [1.807, 2.05) is 30.3 Å². The summed E-state index contributed by atoms with van der Waals surface area (Å²) in [4.78, 5) is 8.95. The second-order valence-electron chi connectivity index (χ2n) is 4.12. The first-order chi connectivity index (χ1) is 8.76. The zero-order valence-corrected chi connectivity index (χ0v) is 11.9. The molecule has 1 heterocycles. The summed E-state index contributed by atoms with van der Waals surface area (Å²) < 4.78 is 1.04. The molecule has 0 amide bonds. The highest BCUT2D eigenvalue weighted by Crippen LogP contribution is 2.27. The lowest BCUT2D eigenvalue weighted by Gasteiger charge is -2.12. The Morgan fingerprint density at radius 3 is 2.72 bits per heavy atom. The largest absolute Gasteiger partial charge is 0.330 e. The average Bonchev–Trinajstić information content (AvgIpc) is 2.41. The molecule has 0 spiro atoms. The Labute approximate surface area is 116 Å². The fraction of sp³-hybridized carbons (Fsp3) is 0.286. The van der Waals surface area contributed by atoms with E-state index in [4.69, 9.17) is 5.73 Å². The highest BCUT2D eigenvalue weighted by atomic mass is 79.9. The Hall–Kier alpha value is -1.26. The molecule has 2 aromatic rings. The second-order valence-corrected chi connectivity index (χ2v) is 4.98. The van der Waals surface area contributed by atoms with Gasteiger partial charge in [0.2, 0.25) is 0 Å². The predicted molar refractivity (Wildman–Crippen MR) is 77.3 cm³/mol. The van der Waals surface area contributed by atoms with Crippen molar-refractivity contribution in [3.05, 3.63) is 46.8 Å². The lowest BCUT2D eigenvalue weighted by Crippen LogP contribution is -2.14. The van der Waals surface area contributed by atoms with Crippen LogP contribution in [-0.2, 0) is 0 Å². The van der Waals surface area contributed by atoms with Gasteiger partial charge in [0.05, 0.1) is 5.69 Å². The second kappa shape index (κ2) is 6.07. The van der Waals surface area contributed by atoms with Crippen LogP contribution in [0.2, 0.25) is 0 Å². The first kappa shape index (κ1) is 13.2. The van der Waals surface area contributed by atoms with E-state index >= 15 is 0 Å². The Balaban J connectivity index is 2.42. The van der Waals surface area contributed by atoms with Crippen molar-refractivity contribution in [2.75, 3.05) is 6.54 Å². The summed E-state index contributed by atoms with van der Waals surface area (Å²) in [5, 5.41) is 0. The highest BCUT2D eigenvalue weighted by Gasteiger charge is 2.12. The fourth-order valence-corrected chi connectivity index (χ4v) is 2.33. The zero-order chi connectivity index (χ0) is 13.0. The molecule has 18 heavy (non-hydrogen) atoms. The van der Waals surface area contributed by atoms with Crippen LogP contribution in [0.15, 0.2) is 41.0 Å². The van der Waals surface area contributed by atoms with Gasteiger partial charge in [0.15, 0.2) is 0 Å². The van der Waals surface area contributed by atoms with Crippen molar-refractivity contribution in [2.45, 2.75) is 19.3 Å². The van der Waals surface area contributed by atoms with Crippen molar-refractivity contribution in [3.63, 3.8) is 0 Å². The van der Waals surface area contributed by atoms with Crippen LogP contribution in [0.4, 0.5) is 0 Å². The number of nitrogens with two attached hydrogens (primary N) is 1. The number of hydrogen-bond donors (Lipinski definition) is 1. The number of hydrogen-bond acceptors (Lipinski definition) is 3. The minimum absolute atomic E-state index is 0.229. The summed E-state index contributed by atoms with van der Waals surface area (Å²) in [6.45, 7) is 2.68. The molecule has 2 rings (SSSR count). The van der Waals surface area contributed by atoms with Gasteiger partial charge in [0.25, 0.3) is 0 Å². The summed E-state index contributed by atoms with van der Waals surface area (Å²) >= 11 is 3.54. The van der Waals surface area contributed by atoms with Gasteiger partial charge < -0.3 is 5.73 Å². The minimum Gasteiger partial charge on any atom is -0.330 e. The van der Waals surface area contributed by atoms with Crippen LogP contribution in [0.1, 0.15) is 25.1 Å². The maximum Gasteiger partial charge on any atom is 0.133 e. The minimum atomic E-state index is 0.229. The summed E-state index contributed by atoms with van der Waals surface area (Å²) in [5.41, 5.74) is 7.75. The molecule has 1 aromatic carbocycles. The zero-order valence-electron chi connectivity index (χ0n) is 10.3. The van der Waals surface area contributed by atoms with Gasteiger partial charge in [0, 0.05) is 28.7 Å². The van der Waals surface area contributed by atoms with Crippen molar-refractivity contribution in [1.29, 1.82) is 0 Å². The van der Waals surface area contributed by atoms with Crippen LogP contribution in [0, 0.1) is 0 Å². The maximum atomic E-state index is 5.74. The van der Waals surface area contributed by atoms with Crippen LogP contribution in [0.5, 0.6) is 0 Å². The van der Waals surface area contributed by atoms with E-state index < -0.39 is 0 Å². The molecule has 0 saturated carbocycles. The van der Waals surface area contributed by atoms with Crippen LogP contribution < -0.4 is 5.73 Å². The van der Waals surface area contributed by atoms with E-state index in [1.54, 1.807) is 6.20 Å². The fourth-order valence-electron chi connectivity index (χ4n) is 1.84. The molecule has 3 nitrogen and oxygen atoms in total. The van der Waals surface area contributed by atoms with Crippen LogP contribution in [-0.4, -0.2) is 16.5 Å². The van der Waals surface area contributed by atoms with Crippen molar-refractivity contribution in [3.8, 4) is 11.3 Å². The molecule has 1 aromatic heterocycles. The summed E-state index contributed by atoms with van der Waals surface area (Å²) in [6, 6.07) is 9.97. The molecular weight excluding hydrogens is 290 g/mol. The summed E-state index contributed by atoms with van der Waals surface area (Å²) in [7, 11) is 0. The Kier molecular flexibility index (Phi) is 4.44. The maximum absolute atomic E-state index is 5.74. The third kappa shape index (κ3) is 2.76. The molecule has 94 valence electrons. The lowest BCUT2D eigenvalue weighted by atomic mass is 10.1. The van der Waals surface area contributed by atoms with Crippen molar-refractivity contribution < 1.29 is 0 Å². The molecule has 0 bridgehead atoms. The SMILES string of the molecule is CCC(CN)c1nccc(-c2ccccc2Br)n1.